The first-order chi connectivity index (χ1) is 12.1. The predicted molar refractivity (Wildman–Crippen MR) is 93.5 cm³/mol. The van der Waals surface area contributed by atoms with Crippen LogP contribution < -0.4 is 0 Å². The molecular weight excluding hydrogens is 319 g/mol. The highest BCUT2D eigenvalue weighted by atomic mass is 19.1. The number of aryl methyl sites for hydroxylation is 1. The SMILES string of the molecule is CN(C(=O)CCc1ncnn1Cc1ccc(F)cc1)C1CCCCC1. The van der Waals surface area contributed by atoms with Gasteiger partial charge in [0.05, 0.1) is 6.54 Å². The Hall–Kier alpha value is -2.24. The summed E-state index contributed by atoms with van der Waals surface area (Å²) in [7, 11) is 1.92. The van der Waals surface area contributed by atoms with Crippen molar-refractivity contribution in [2.24, 2.45) is 0 Å². The Kier molecular flexibility index (Phi) is 5.79. The Labute approximate surface area is 147 Å². The zero-order valence-corrected chi connectivity index (χ0v) is 14.7. The van der Waals surface area contributed by atoms with Crippen molar-refractivity contribution >= 4 is 5.91 Å². The summed E-state index contributed by atoms with van der Waals surface area (Å²) in [5.74, 6) is 0.705. The van der Waals surface area contributed by atoms with Crippen LogP contribution in [0.15, 0.2) is 30.6 Å². The van der Waals surface area contributed by atoms with E-state index in [1.807, 2.05) is 11.9 Å². The summed E-state index contributed by atoms with van der Waals surface area (Å²) < 4.78 is 14.8. The normalized spacial score (nSPS) is 15.3. The largest absolute Gasteiger partial charge is 0.343 e. The molecule has 1 amide bonds. The number of aromatic nitrogens is 3. The zero-order valence-electron chi connectivity index (χ0n) is 14.7. The van der Waals surface area contributed by atoms with Gasteiger partial charge < -0.3 is 4.90 Å². The van der Waals surface area contributed by atoms with Gasteiger partial charge >= 0.3 is 0 Å². The number of amides is 1. The molecule has 25 heavy (non-hydrogen) atoms. The van der Waals surface area contributed by atoms with Crippen LogP contribution in [-0.4, -0.2) is 38.7 Å². The Bertz CT molecular complexity index is 692. The van der Waals surface area contributed by atoms with Gasteiger partial charge in [-0.2, -0.15) is 5.10 Å². The molecule has 2 aromatic rings. The number of hydrogen-bond donors (Lipinski definition) is 0. The molecule has 1 aromatic carbocycles. The van der Waals surface area contributed by atoms with E-state index < -0.39 is 0 Å². The number of carbonyl (C=O) groups is 1. The molecule has 0 spiro atoms. The molecule has 1 aliphatic rings. The van der Waals surface area contributed by atoms with Crippen LogP contribution in [0.2, 0.25) is 0 Å². The number of hydrogen-bond acceptors (Lipinski definition) is 3. The van der Waals surface area contributed by atoms with Gasteiger partial charge in [0.25, 0.3) is 0 Å². The van der Waals surface area contributed by atoms with E-state index in [-0.39, 0.29) is 11.7 Å². The van der Waals surface area contributed by atoms with Crippen molar-refractivity contribution in [1.82, 2.24) is 19.7 Å². The molecule has 0 unspecified atom stereocenters. The maximum atomic E-state index is 13.0. The molecule has 1 aromatic heterocycles. The van der Waals surface area contributed by atoms with Gasteiger partial charge in [0.15, 0.2) is 0 Å². The van der Waals surface area contributed by atoms with Gasteiger partial charge in [-0.05, 0) is 30.5 Å². The van der Waals surface area contributed by atoms with Crippen LogP contribution in [0, 0.1) is 5.82 Å². The van der Waals surface area contributed by atoms with Crippen molar-refractivity contribution in [2.75, 3.05) is 7.05 Å². The molecule has 0 bridgehead atoms. The second-order valence-corrected chi connectivity index (χ2v) is 6.76. The second kappa shape index (κ2) is 8.23. The summed E-state index contributed by atoms with van der Waals surface area (Å²) >= 11 is 0. The van der Waals surface area contributed by atoms with Crippen LogP contribution in [0.5, 0.6) is 0 Å². The third kappa shape index (κ3) is 4.65. The maximum Gasteiger partial charge on any atom is 0.223 e. The lowest BCUT2D eigenvalue weighted by Gasteiger charge is -2.31. The molecule has 1 aliphatic carbocycles. The summed E-state index contributed by atoms with van der Waals surface area (Å²) in [6, 6.07) is 6.74. The minimum atomic E-state index is -0.251. The predicted octanol–water partition coefficient (Wildman–Crippen LogP) is 3.19. The fraction of sp³-hybridized carbons (Fsp3) is 0.526. The smallest absolute Gasteiger partial charge is 0.223 e. The Balaban J connectivity index is 1.55. The molecule has 0 N–H and O–H groups in total. The molecule has 6 heteroatoms. The Morgan fingerprint density at radius 2 is 1.96 bits per heavy atom. The topological polar surface area (TPSA) is 51.0 Å². The summed E-state index contributed by atoms with van der Waals surface area (Å²) in [6.45, 7) is 0.530. The van der Waals surface area contributed by atoms with Gasteiger partial charge in [0.2, 0.25) is 5.91 Å². The van der Waals surface area contributed by atoms with Crippen LogP contribution in [0.1, 0.15) is 49.9 Å². The summed E-state index contributed by atoms with van der Waals surface area (Å²) in [6.07, 6.45) is 8.46. The van der Waals surface area contributed by atoms with E-state index in [9.17, 15) is 9.18 Å². The van der Waals surface area contributed by atoms with Gasteiger partial charge in [0.1, 0.15) is 18.0 Å². The molecular formula is C19H25FN4O. The Morgan fingerprint density at radius 3 is 2.68 bits per heavy atom. The van der Waals surface area contributed by atoms with Crippen molar-refractivity contribution in [3.8, 4) is 0 Å². The van der Waals surface area contributed by atoms with Crippen LogP contribution in [-0.2, 0) is 17.8 Å². The summed E-state index contributed by atoms with van der Waals surface area (Å²) in [4.78, 5) is 18.7. The highest BCUT2D eigenvalue weighted by molar-refractivity contribution is 5.76. The monoisotopic (exact) mass is 344 g/mol. The van der Waals surface area contributed by atoms with Crippen LogP contribution in [0.4, 0.5) is 4.39 Å². The van der Waals surface area contributed by atoms with Crippen LogP contribution in [0.3, 0.4) is 0 Å². The molecule has 1 heterocycles. The summed E-state index contributed by atoms with van der Waals surface area (Å²) in [5.41, 5.74) is 0.957. The highest BCUT2D eigenvalue weighted by Gasteiger charge is 2.22. The molecule has 0 saturated heterocycles. The van der Waals surface area contributed by atoms with Crippen molar-refractivity contribution in [1.29, 1.82) is 0 Å². The first-order valence-corrected chi connectivity index (χ1v) is 9.00. The lowest BCUT2D eigenvalue weighted by molar-refractivity contribution is -0.132. The van der Waals surface area contributed by atoms with E-state index in [1.165, 1.54) is 37.7 Å². The maximum absolute atomic E-state index is 13.0. The minimum Gasteiger partial charge on any atom is -0.343 e. The lowest BCUT2D eigenvalue weighted by Crippen LogP contribution is -2.38. The van der Waals surface area contributed by atoms with E-state index in [4.69, 9.17) is 0 Å². The van der Waals surface area contributed by atoms with Crippen molar-refractivity contribution in [3.05, 3.63) is 47.8 Å². The molecule has 3 rings (SSSR count). The lowest BCUT2D eigenvalue weighted by atomic mass is 9.94. The van der Waals surface area contributed by atoms with Gasteiger partial charge in [-0.25, -0.2) is 14.1 Å². The van der Waals surface area contributed by atoms with Gasteiger partial charge in [-0.1, -0.05) is 31.4 Å². The average molecular weight is 344 g/mol. The third-order valence-electron chi connectivity index (χ3n) is 5.02. The van der Waals surface area contributed by atoms with Crippen molar-refractivity contribution < 1.29 is 9.18 Å². The van der Waals surface area contributed by atoms with E-state index >= 15 is 0 Å². The number of halogens is 1. The molecule has 1 saturated carbocycles. The molecule has 0 aliphatic heterocycles. The van der Waals surface area contributed by atoms with Gasteiger partial charge in [0, 0.05) is 25.9 Å². The first-order valence-electron chi connectivity index (χ1n) is 9.00. The van der Waals surface area contributed by atoms with Gasteiger partial charge in [-0.15, -0.1) is 0 Å². The molecule has 0 atom stereocenters. The minimum absolute atomic E-state index is 0.170. The molecule has 5 nitrogen and oxygen atoms in total. The fourth-order valence-electron chi connectivity index (χ4n) is 3.44. The van der Waals surface area contributed by atoms with Gasteiger partial charge in [-0.3, -0.25) is 4.79 Å². The molecule has 134 valence electrons. The first kappa shape index (κ1) is 17.6. The standard InChI is InChI=1S/C19H25FN4O/c1-23(17-5-3-2-4-6-17)19(25)12-11-18-21-14-22-24(18)13-15-7-9-16(20)10-8-15/h7-10,14,17H,2-6,11-13H2,1H3. The van der Waals surface area contributed by atoms with Crippen LogP contribution >= 0.6 is 0 Å². The average Bonchev–Trinajstić information content (AvgIpc) is 3.08. The molecule has 1 fully saturated rings. The van der Waals surface area contributed by atoms with Crippen molar-refractivity contribution in [2.45, 2.75) is 57.5 Å². The van der Waals surface area contributed by atoms with E-state index in [0.29, 0.717) is 25.4 Å². The van der Waals surface area contributed by atoms with E-state index in [2.05, 4.69) is 10.1 Å². The fourth-order valence-corrected chi connectivity index (χ4v) is 3.44. The number of rotatable bonds is 6. The number of nitrogens with zero attached hydrogens (tertiary/aromatic N) is 4. The number of carbonyl (C=O) groups excluding carboxylic acids is 1. The Morgan fingerprint density at radius 1 is 1.24 bits per heavy atom. The quantitative estimate of drug-likeness (QED) is 0.809. The molecule has 0 radical (unpaired) electrons. The van der Waals surface area contributed by atoms with Crippen LogP contribution in [0.25, 0.3) is 0 Å². The highest BCUT2D eigenvalue weighted by Crippen LogP contribution is 2.22. The zero-order chi connectivity index (χ0) is 17.6. The number of benzene rings is 1. The second-order valence-electron chi connectivity index (χ2n) is 6.76. The van der Waals surface area contributed by atoms with E-state index in [0.717, 1.165) is 24.2 Å². The van der Waals surface area contributed by atoms with E-state index in [1.54, 1.807) is 16.8 Å². The third-order valence-corrected chi connectivity index (χ3v) is 5.02. The summed E-state index contributed by atoms with van der Waals surface area (Å²) in [5, 5.41) is 4.23. The van der Waals surface area contributed by atoms with Crippen molar-refractivity contribution in [3.63, 3.8) is 0 Å².